The van der Waals surface area contributed by atoms with E-state index in [2.05, 4.69) is 32.1 Å². The molecule has 11 nitrogen and oxygen atoms in total. The van der Waals surface area contributed by atoms with E-state index in [0.717, 1.165) is 25.8 Å². The lowest BCUT2D eigenvalue weighted by molar-refractivity contribution is 0.0490. The molecule has 1 aromatic heterocycles. The molecule has 210 valence electrons. The van der Waals surface area contributed by atoms with E-state index in [0.29, 0.717) is 43.6 Å². The molecule has 0 unspecified atom stereocenters. The van der Waals surface area contributed by atoms with E-state index in [1.807, 2.05) is 4.90 Å². The summed E-state index contributed by atoms with van der Waals surface area (Å²) in [5.74, 6) is -1.12. The van der Waals surface area contributed by atoms with Crippen LogP contribution in [0.4, 0.5) is 16.0 Å². The van der Waals surface area contributed by atoms with Gasteiger partial charge in [-0.15, -0.1) is 0 Å². The molecule has 3 heterocycles. The Morgan fingerprint density at radius 2 is 1.90 bits per heavy atom. The Morgan fingerprint density at radius 1 is 1.18 bits per heavy atom. The van der Waals surface area contributed by atoms with Crippen LogP contribution in [-0.2, 0) is 0 Å². The van der Waals surface area contributed by atoms with Crippen LogP contribution in [0, 0.1) is 5.82 Å². The number of hydrogen-bond acceptors (Lipinski definition) is 8. The number of carbonyl (C=O) groups excluding carboxylic acids is 2. The Bertz CT molecular complexity index is 1270. The molecular weight excluding hydrogens is 548 g/mol. The van der Waals surface area contributed by atoms with E-state index >= 15 is 0 Å². The van der Waals surface area contributed by atoms with Gasteiger partial charge in [0, 0.05) is 57.4 Å². The number of rotatable bonds is 5. The number of nitrogen functional groups attached to an aromatic ring is 1. The van der Waals surface area contributed by atoms with Crippen LogP contribution >= 0.6 is 23.2 Å². The molecule has 2 aliphatic heterocycles. The van der Waals surface area contributed by atoms with E-state index in [1.54, 1.807) is 11.0 Å². The molecule has 2 amide bonds. The Balaban J connectivity index is 1.39. The summed E-state index contributed by atoms with van der Waals surface area (Å²) in [7, 11) is 1.44. The maximum Gasteiger partial charge on any atom is 0.280 e. The third-order valence-electron chi connectivity index (χ3n) is 7.25. The van der Waals surface area contributed by atoms with Crippen molar-refractivity contribution in [3.8, 4) is 0 Å². The van der Waals surface area contributed by atoms with Crippen LogP contribution in [0.3, 0.4) is 0 Å². The number of benzene rings is 1. The van der Waals surface area contributed by atoms with E-state index < -0.39 is 11.7 Å². The van der Waals surface area contributed by atoms with E-state index in [1.165, 1.54) is 19.2 Å². The third-order valence-corrected chi connectivity index (χ3v) is 7.81. The first-order valence-electron chi connectivity index (χ1n) is 12.7. The highest BCUT2D eigenvalue weighted by atomic mass is 35.5. The first kappa shape index (κ1) is 28.8. The monoisotopic (exact) mass is 579 g/mol. The van der Waals surface area contributed by atoms with E-state index in [4.69, 9.17) is 34.7 Å². The Labute approximate surface area is 236 Å². The summed E-state index contributed by atoms with van der Waals surface area (Å²) in [4.78, 5) is 43.8. The second-order valence-electron chi connectivity index (χ2n) is 9.53. The number of likely N-dealkylation sites (tertiary alicyclic amines) is 1. The van der Waals surface area contributed by atoms with Gasteiger partial charge in [-0.25, -0.2) is 14.4 Å². The van der Waals surface area contributed by atoms with Crippen molar-refractivity contribution in [2.45, 2.75) is 38.3 Å². The van der Waals surface area contributed by atoms with Crippen LogP contribution < -0.4 is 21.7 Å². The zero-order chi connectivity index (χ0) is 28.3. The SMILES string of the molecule is CC[C@H]1CN(c2nc(N)c(C(=O)NC(N)=NC)nc2Cl)CCN1C1CCN(C(=O)c2ccc(Cl)c(F)c2)CC1. The number of piperidine rings is 1. The van der Waals surface area contributed by atoms with Crippen LogP contribution in [-0.4, -0.2) is 89.4 Å². The minimum absolute atomic E-state index is 0.00135. The van der Waals surface area contributed by atoms with Crippen molar-refractivity contribution in [3.05, 3.63) is 45.4 Å². The standard InChI is InChI=1S/C25H32Cl2FN9O2/c1-3-15-13-36(22-20(27)32-19(21(29)33-22)23(38)34-25(30)31-2)10-11-37(15)16-6-8-35(9-7-16)24(39)14-4-5-17(26)18(28)12-14/h4-5,12,15-16H,3,6-11,13H2,1-2H3,(H2,29,33)(H3,30,31,34,38)/t15-/m0/s1. The van der Waals surface area contributed by atoms with Crippen LogP contribution in [0.5, 0.6) is 0 Å². The molecule has 0 saturated carbocycles. The lowest BCUT2D eigenvalue weighted by Gasteiger charge is -2.47. The second-order valence-corrected chi connectivity index (χ2v) is 10.3. The summed E-state index contributed by atoms with van der Waals surface area (Å²) in [6.45, 7) is 5.39. The zero-order valence-electron chi connectivity index (χ0n) is 21.8. The predicted molar refractivity (Wildman–Crippen MR) is 150 cm³/mol. The van der Waals surface area contributed by atoms with Gasteiger partial charge in [-0.3, -0.25) is 24.8 Å². The smallest absolute Gasteiger partial charge is 0.280 e. The number of hydrogen-bond donors (Lipinski definition) is 3. The van der Waals surface area contributed by atoms with Gasteiger partial charge < -0.3 is 21.3 Å². The second kappa shape index (κ2) is 12.3. The van der Waals surface area contributed by atoms with Crippen molar-refractivity contribution in [2.75, 3.05) is 50.4 Å². The molecule has 5 N–H and O–H groups in total. The number of guanidine groups is 1. The summed E-state index contributed by atoms with van der Waals surface area (Å²) >= 11 is 12.2. The number of nitrogens with two attached hydrogens (primary N) is 2. The molecule has 1 aromatic carbocycles. The van der Waals surface area contributed by atoms with Crippen molar-refractivity contribution < 1.29 is 14.0 Å². The normalized spacial score (nSPS) is 19.3. The Hall–Kier alpha value is -3.22. The van der Waals surface area contributed by atoms with Crippen LogP contribution in [0.15, 0.2) is 23.2 Å². The number of nitrogens with one attached hydrogen (secondary N) is 1. The molecule has 0 bridgehead atoms. The van der Waals surface area contributed by atoms with E-state index in [9.17, 15) is 14.0 Å². The third kappa shape index (κ3) is 6.34. The van der Waals surface area contributed by atoms with Gasteiger partial charge in [0.2, 0.25) is 0 Å². The lowest BCUT2D eigenvalue weighted by Crippen LogP contribution is -2.58. The number of aliphatic imine (C=N–C) groups is 1. The van der Waals surface area contributed by atoms with Crippen LogP contribution in [0.1, 0.15) is 47.0 Å². The van der Waals surface area contributed by atoms with Gasteiger partial charge in [0.05, 0.1) is 5.02 Å². The van der Waals surface area contributed by atoms with Gasteiger partial charge in [-0.05, 0) is 37.5 Å². The van der Waals surface area contributed by atoms with Gasteiger partial charge in [0.1, 0.15) is 5.82 Å². The molecule has 0 radical (unpaired) electrons. The largest absolute Gasteiger partial charge is 0.382 e. The number of anilines is 2. The molecule has 2 aromatic rings. The van der Waals surface area contributed by atoms with E-state index in [-0.39, 0.29) is 39.6 Å². The van der Waals surface area contributed by atoms with Gasteiger partial charge >= 0.3 is 0 Å². The number of piperazine rings is 1. The van der Waals surface area contributed by atoms with Crippen molar-refractivity contribution in [1.82, 2.24) is 25.1 Å². The number of nitrogens with zero attached hydrogens (tertiary/aromatic N) is 6. The topological polar surface area (TPSA) is 146 Å². The number of halogens is 3. The molecule has 0 aliphatic carbocycles. The highest BCUT2D eigenvalue weighted by Gasteiger charge is 2.35. The van der Waals surface area contributed by atoms with Crippen LogP contribution in [0.2, 0.25) is 10.2 Å². The summed E-state index contributed by atoms with van der Waals surface area (Å²) in [5.41, 5.74) is 11.8. The number of carbonyl (C=O) groups is 2. The van der Waals surface area contributed by atoms with Gasteiger partial charge in [-0.2, -0.15) is 0 Å². The minimum Gasteiger partial charge on any atom is -0.382 e. The molecular formula is C25H32Cl2FN9O2. The van der Waals surface area contributed by atoms with Crippen LogP contribution in [0.25, 0.3) is 0 Å². The quantitative estimate of drug-likeness (QED) is 0.361. The first-order valence-corrected chi connectivity index (χ1v) is 13.5. The predicted octanol–water partition coefficient (Wildman–Crippen LogP) is 2.38. The van der Waals surface area contributed by atoms with Crippen molar-refractivity contribution in [3.63, 3.8) is 0 Å². The average Bonchev–Trinajstić information content (AvgIpc) is 2.94. The van der Waals surface area contributed by atoms with Crippen molar-refractivity contribution in [2.24, 2.45) is 10.7 Å². The fourth-order valence-corrected chi connectivity index (χ4v) is 5.50. The fourth-order valence-electron chi connectivity index (χ4n) is 5.14. The fraction of sp³-hybridized carbons (Fsp3) is 0.480. The summed E-state index contributed by atoms with van der Waals surface area (Å²) in [5, 5.41) is 2.45. The summed E-state index contributed by atoms with van der Waals surface area (Å²) in [6, 6.07) is 4.69. The molecule has 0 spiro atoms. The number of amides is 2. The average molecular weight is 580 g/mol. The van der Waals surface area contributed by atoms with Crippen molar-refractivity contribution >= 4 is 52.6 Å². The van der Waals surface area contributed by atoms with Gasteiger partial charge in [0.15, 0.2) is 28.4 Å². The molecule has 2 aliphatic rings. The molecule has 4 rings (SSSR count). The number of aromatic nitrogens is 2. The lowest BCUT2D eigenvalue weighted by atomic mass is 9.97. The molecule has 2 fully saturated rings. The summed E-state index contributed by atoms with van der Waals surface area (Å²) < 4.78 is 13.8. The Morgan fingerprint density at radius 3 is 2.54 bits per heavy atom. The molecule has 2 saturated heterocycles. The maximum absolute atomic E-state index is 13.8. The highest BCUT2D eigenvalue weighted by Crippen LogP contribution is 2.30. The maximum atomic E-state index is 13.8. The summed E-state index contributed by atoms with van der Waals surface area (Å²) in [6.07, 6.45) is 2.54. The molecule has 39 heavy (non-hydrogen) atoms. The van der Waals surface area contributed by atoms with Gasteiger partial charge in [-0.1, -0.05) is 30.1 Å². The highest BCUT2D eigenvalue weighted by molar-refractivity contribution is 6.32. The molecule has 14 heteroatoms. The molecule has 1 atom stereocenters. The Kier molecular flexibility index (Phi) is 9.08. The first-order chi connectivity index (χ1) is 18.6. The minimum atomic E-state index is -0.640. The van der Waals surface area contributed by atoms with Crippen molar-refractivity contribution in [1.29, 1.82) is 0 Å². The van der Waals surface area contributed by atoms with Gasteiger partial charge in [0.25, 0.3) is 11.8 Å². The zero-order valence-corrected chi connectivity index (χ0v) is 23.3.